The van der Waals surface area contributed by atoms with Crippen LogP contribution in [0.2, 0.25) is 5.02 Å². The lowest BCUT2D eigenvalue weighted by molar-refractivity contribution is 1.15. The zero-order chi connectivity index (χ0) is 19.0. The summed E-state index contributed by atoms with van der Waals surface area (Å²) in [6.07, 6.45) is 1.66. The Kier molecular flexibility index (Phi) is 4.33. The highest BCUT2D eigenvalue weighted by Crippen LogP contribution is 2.31. The molecule has 0 amide bonds. The van der Waals surface area contributed by atoms with Crippen molar-refractivity contribution in [1.29, 1.82) is 0 Å². The lowest BCUT2D eigenvalue weighted by Gasteiger charge is -2.08. The topological polar surface area (TPSA) is 83.6 Å². The van der Waals surface area contributed by atoms with Gasteiger partial charge in [0.25, 0.3) is 5.56 Å². The molecule has 0 atom stereocenters. The summed E-state index contributed by atoms with van der Waals surface area (Å²) in [5, 5.41) is 4.05. The Hall–Kier alpha value is -3.25. The second kappa shape index (κ2) is 6.81. The molecule has 3 aromatic heterocycles. The van der Waals surface area contributed by atoms with Gasteiger partial charge in [-0.2, -0.15) is 4.98 Å². The summed E-state index contributed by atoms with van der Waals surface area (Å²) in [5.41, 5.74) is 3.99. The highest BCUT2D eigenvalue weighted by molar-refractivity contribution is 6.33. The molecule has 0 bridgehead atoms. The van der Waals surface area contributed by atoms with E-state index < -0.39 is 0 Å². The van der Waals surface area contributed by atoms with Gasteiger partial charge < -0.3 is 10.3 Å². The molecule has 1 aromatic carbocycles. The Morgan fingerprint density at radius 2 is 1.93 bits per heavy atom. The van der Waals surface area contributed by atoms with E-state index in [2.05, 4.69) is 25.3 Å². The van der Waals surface area contributed by atoms with Crippen molar-refractivity contribution in [2.75, 3.05) is 12.4 Å². The van der Waals surface area contributed by atoms with E-state index in [-0.39, 0.29) is 5.56 Å². The number of aromatic nitrogens is 4. The molecule has 3 heterocycles. The quantitative estimate of drug-likeness (QED) is 0.562. The maximum Gasteiger partial charge on any atom is 0.257 e. The predicted octanol–water partition coefficient (Wildman–Crippen LogP) is 4.05. The highest BCUT2D eigenvalue weighted by Gasteiger charge is 2.12. The van der Waals surface area contributed by atoms with Crippen LogP contribution in [0.1, 0.15) is 5.69 Å². The number of anilines is 1. The molecule has 4 aromatic rings. The fourth-order valence-corrected chi connectivity index (χ4v) is 3.19. The fourth-order valence-electron chi connectivity index (χ4n) is 2.91. The molecule has 0 saturated carbocycles. The molecule has 4 rings (SSSR count). The van der Waals surface area contributed by atoms with Gasteiger partial charge in [-0.1, -0.05) is 29.8 Å². The van der Waals surface area contributed by atoms with Crippen molar-refractivity contribution in [2.24, 2.45) is 0 Å². The number of aromatic amines is 1. The molecule has 2 N–H and O–H groups in total. The Labute approximate surface area is 160 Å². The number of benzene rings is 1. The Balaban J connectivity index is 1.81. The van der Waals surface area contributed by atoms with Crippen LogP contribution in [0.15, 0.2) is 53.5 Å². The summed E-state index contributed by atoms with van der Waals surface area (Å²) in [7, 11) is 1.72. The van der Waals surface area contributed by atoms with Gasteiger partial charge >= 0.3 is 0 Å². The molecule has 27 heavy (non-hydrogen) atoms. The Morgan fingerprint density at radius 3 is 2.67 bits per heavy atom. The maximum absolute atomic E-state index is 12.6. The zero-order valence-corrected chi connectivity index (χ0v) is 15.5. The van der Waals surface area contributed by atoms with Crippen LogP contribution in [0, 0.1) is 6.92 Å². The molecular weight excluding hydrogens is 362 g/mol. The summed E-state index contributed by atoms with van der Waals surface area (Å²) in [6, 6.07) is 13.1. The van der Waals surface area contributed by atoms with Crippen LogP contribution < -0.4 is 10.9 Å². The summed E-state index contributed by atoms with van der Waals surface area (Å²) in [4.78, 5) is 28.3. The SMILES string of the molecule is CNc1ncc2cc(-c3ccc(-c4cccc(C)n4)cc3Cl)c(=O)[nH]c2n1. The minimum absolute atomic E-state index is 0.258. The number of nitrogens with zero attached hydrogens (tertiary/aromatic N) is 3. The Morgan fingerprint density at radius 1 is 1.07 bits per heavy atom. The monoisotopic (exact) mass is 377 g/mol. The number of nitrogens with one attached hydrogen (secondary N) is 2. The van der Waals surface area contributed by atoms with Gasteiger partial charge in [-0.15, -0.1) is 0 Å². The first-order valence-corrected chi connectivity index (χ1v) is 8.75. The van der Waals surface area contributed by atoms with Gasteiger partial charge in [-0.25, -0.2) is 4.98 Å². The van der Waals surface area contributed by atoms with Crippen LogP contribution in [0.5, 0.6) is 0 Å². The maximum atomic E-state index is 12.6. The van der Waals surface area contributed by atoms with Crippen LogP contribution in [0.25, 0.3) is 33.4 Å². The Bertz CT molecular complexity index is 1220. The van der Waals surface area contributed by atoms with E-state index >= 15 is 0 Å². The third-order valence-corrected chi connectivity index (χ3v) is 4.57. The van der Waals surface area contributed by atoms with Crippen molar-refractivity contribution in [3.05, 3.63) is 69.7 Å². The molecule has 134 valence electrons. The number of H-pyrrole nitrogens is 1. The largest absolute Gasteiger partial charge is 0.357 e. The average molecular weight is 378 g/mol. The van der Waals surface area contributed by atoms with Crippen LogP contribution in [-0.2, 0) is 0 Å². The molecule has 0 saturated heterocycles. The van der Waals surface area contributed by atoms with Gasteiger partial charge in [0.15, 0.2) is 0 Å². The number of halogens is 1. The van der Waals surface area contributed by atoms with Crippen molar-refractivity contribution in [2.45, 2.75) is 6.92 Å². The lowest BCUT2D eigenvalue weighted by atomic mass is 10.0. The first-order valence-electron chi connectivity index (χ1n) is 8.37. The standard InChI is InChI=1S/C20H16ClN5O/c1-11-4-3-5-17(24-11)12-6-7-14(16(21)9-12)15-8-13-10-23-20(22-2)26-18(13)25-19(15)27/h3-10H,1-2H3,(H2,22,23,25,26,27). The minimum atomic E-state index is -0.258. The minimum Gasteiger partial charge on any atom is -0.357 e. The van der Waals surface area contributed by atoms with Crippen molar-refractivity contribution in [3.8, 4) is 22.4 Å². The van der Waals surface area contributed by atoms with E-state index in [1.807, 2.05) is 43.3 Å². The molecule has 0 radical (unpaired) electrons. The van der Waals surface area contributed by atoms with Gasteiger partial charge in [0.2, 0.25) is 5.95 Å². The second-order valence-corrected chi connectivity index (χ2v) is 6.53. The van der Waals surface area contributed by atoms with Gasteiger partial charge in [0.05, 0.1) is 5.69 Å². The zero-order valence-electron chi connectivity index (χ0n) is 14.7. The molecule has 0 aliphatic heterocycles. The predicted molar refractivity (Wildman–Crippen MR) is 108 cm³/mol. The van der Waals surface area contributed by atoms with E-state index in [1.54, 1.807) is 19.3 Å². The highest BCUT2D eigenvalue weighted by atomic mass is 35.5. The molecule has 0 unspecified atom stereocenters. The fraction of sp³-hybridized carbons (Fsp3) is 0.100. The summed E-state index contributed by atoms with van der Waals surface area (Å²) >= 11 is 6.50. The van der Waals surface area contributed by atoms with Crippen LogP contribution in [0.4, 0.5) is 5.95 Å². The lowest BCUT2D eigenvalue weighted by Crippen LogP contribution is -2.10. The summed E-state index contributed by atoms with van der Waals surface area (Å²) < 4.78 is 0. The van der Waals surface area contributed by atoms with Crippen molar-refractivity contribution < 1.29 is 0 Å². The van der Waals surface area contributed by atoms with Gasteiger partial charge in [-0.3, -0.25) is 9.78 Å². The molecule has 0 spiro atoms. The molecule has 7 heteroatoms. The van der Waals surface area contributed by atoms with Crippen LogP contribution >= 0.6 is 11.6 Å². The molecule has 0 aliphatic carbocycles. The van der Waals surface area contributed by atoms with Crippen molar-refractivity contribution in [1.82, 2.24) is 19.9 Å². The van der Waals surface area contributed by atoms with Crippen LogP contribution in [-0.4, -0.2) is 27.0 Å². The second-order valence-electron chi connectivity index (χ2n) is 6.12. The normalized spacial score (nSPS) is 10.9. The molecule has 6 nitrogen and oxygen atoms in total. The van der Waals surface area contributed by atoms with Gasteiger partial charge in [-0.05, 0) is 31.2 Å². The number of rotatable bonds is 3. The number of aryl methyl sites for hydroxylation is 1. The van der Waals surface area contributed by atoms with Crippen molar-refractivity contribution >= 4 is 28.6 Å². The summed E-state index contributed by atoms with van der Waals surface area (Å²) in [5.74, 6) is 0.443. The average Bonchev–Trinajstić information content (AvgIpc) is 2.67. The molecular formula is C20H16ClN5O. The van der Waals surface area contributed by atoms with E-state index in [0.29, 0.717) is 27.7 Å². The van der Waals surface area contributed by atoms with Gasteiger partial charge in [0, 0.05) is 46.0 Å². The third-order valence-electron chi connectivity index (χ3n) is 4.26. The number of fused-ring (bicyclic) bond motifs is 1. The summed E-state index contributed by atoms with van der Waals surface area (Å²) in [6.45, 7) is 1.94. The number of hydrogen-bond donors (Lipinski definition) is 2. The smallest absolute Gasteiger partial charge is 0.257 e. The van der Waals surface area contributed by atoms with E-state index in [0.717, 1.165) is 22.3 Å². The number of hydrogen-bond acceptors (Lipinski definition) is 5. The number of pyridine rings is 2. The van der Waals surface area contributed by atoms with Crippen LogP contribution in [0.3, 0.4) is 0 Å². The first kappa shape index (κ1) is 17.2. The first-order chi connectivity index (χ1) is 13.0. The van der Waals surface area contributed by atoms with E-state index in [1.165, 1.54) is 0 Å². The van der Waals surface area contributed by atoms with Crippen molar-refractivity contribution in [3.63, 3.8) is 0 Å². The van der Waals surface area contributed by atoms with E-state index in [4.69, 9.17) is 11.6 Å². The van der Waals surface area contributed by atoms with Gasteiger partial charge in [0.1, 0.15) is 5.65 Å². The van der Waals surface area contributed by atoms with E-state index in [9.17, 15) is 4.79 Å². The molecule has 0 fully saturated rings. The third kappa shape index (κ3) is 3.27. The molecule has 0 aliphatic rings.